The fourth-order valence-corrected chi connectivity index (χ4v) is 3.26. The standard InChI is InChI=1S/C21H19BrN4O5/c1-4-12(2)20-24-18-7-5-15(22)10-17(18)21(28)25(20)23-11-14-9-16(26(29)30)6-8-19(14)31-13(3)27/h5-12H,4H2,1-3H3/t12-/m1/s1. The van der Waals surface area contributed by atoms with Gasteiger partial charge in [0.25, 0.3) is 11.2 Å². The number of fused-ring (bicyclic) bond motifs is 1. The number of nitrogens with zero attached hydrogens (tertiary/aromatic N) is 4. The molecule has 0 fully saturated rings. The largest absolute Gasteiger partial charge is 0.426 e. The average molecular weight is 487 g/mol. The number of hydrogen-bond acceptors (Lipinski definition) is 7. The highest BCUT2D eigenvalue weighted by molar-refractivity contribution is 9.10. The quantitative estimate of drug-likeness (QED) is 0.167. The van der Waals surface area contributed by atoms with Crippen LogP contribution in [0.4, 0.5) is 5.69 Å². The monoisotopic (exact) mass is 486 g/mol. The van der Waals surface area contributed by atoms with Crippen LogP contribution in [0.3, 0.4) is 0 Å². The number of halogens is 1. The van der Waals surface area contributed by atoms with Crippen molar-refractivity contribution in [2.24, 2.45) is 5.10 Å². The number of benzene rings is 2. The van der Waals surface area contributed by atoms with Crippen LogP contribution in [0.1, 0.15) is 44.5 Å². The van der Waals surface area contributed by atoms with E-state index in [0.29, 0.717) is 16.7 Å². The summed E-state index contributed by atoms with van der Waals surface area (Å²) in [6.45, 7) is 5.12. The van der Waals surface area contributed by atoms with Crippen LogP contribution < -0.4 is 10.3 Å². The van der Waals surface area contributed by atoms with Crippen molar-refractivity contribution >= 4 is 44.7 Å². The van der Waals surface area contributed by atoms with Crippen molar-refractivity contribution in [2.45, 2.75) is 33.1 Å². The molecule has 1 heterocycles. The lowest BCUT2D eigenvalue weighted by molar-refractivity contribution is -0.384. The van der Waals surface area contributed by atoms with E-state index in [4.69, 9.17) is 4.74 Å². The first-order chi connectivity index (χ1) is 14.7. The minimum absolute atomic E-state index is 0.0732. The molecule has 0 saturated carbocycles. The molecule has 1 atom stereocenters. The first kappa shape index (κ1) is 22.3. The van der Waals surface area contributed by atoms with Crippen molar-refractivity contribution in [3.63, 3.8) is 0 Å². The van der Waals surface area contributed by atoms with E-state index in [1.54, 1.807) is 18.2 Å². The van der Waals surface area contributed by atoms with Crippen LogP contribution in [0.25, 0.3) is 10.9 Å². The predicted molar refractivity (Wildman–Crippen MR) is 120 cm³/mol. The number of carbonyl (C=O) groups excluding carboxylic acids is 1. The minimum atomic E-state index is -0.585. The third kappa shape index (κ3) is 4.85. The molecular weight excluding hydrogens is 468 g/mol. The molecule has 0 amide bonds. The van der Waals surface area contributed by atoms with Crippen molar-refractivity contribution in [1.82, 2.24) is 9.66 Å². The summed E-state index contributed by atoms with van der Waals surface area (Å²) in [5.41, 5.74) is 0.149. The maximum Gasteiger partial charge on any atom is 0.308 e. The smallest absolute Gasteiger partial charge is 0.308 e. The third-order valence-electron chi connectivity index (χ3n) is 4.66. The molecule has 2 aromatic carbocycles. The zero-order valence-electron chi connectivity index (χ0n) is 17.0. The zero-order valence-corrected chi connectivity index (χ0v) is 18.6. The highest BCUT2D eigenvalue weighted by Gasteiger charge is 2.17. The maximum absolute atomic E-state index is 13.2. The summed E-state index contributed by atoms with van der Waals surface area (Å²) < 4.78 is 7.03. The summed E-state index contributed by atoms with van der Waals surface area (Å²) in [4.78, 5) is 39.8. The van der Waals surface area contributed by atoms with Gasteiger partial charge in [0, 0.05) is 35.0 Å². The third-order valence-corrected chi connectivity index (χ3v) is 5.15. The molecule has 0 N–H and O–H groups in total. The number of ether oxygens (including phenoxy) is 1. The number of non-ortho nitro benzene ring substituents is 1. The topological polar surface area (TPSA) is 117 Å². The molecule has 1 aromatic heterocycles. The normalized spacial score (nSPS) is 12.3. The van der Waals surface area contributed by atoms with E-state index in [1.807, 2.05) is 13.8 Å². The first-order valence-electron chi connectivity index (χ1n) is 9.44. The number of carbonyl (C=O) groups is 1. The molecular formula is C21H19BrN4O5. The van der Waals surface area contributed by atoms with Gasteiger partial charge in [-0.2, -0.15) is 9.78 Å². The van der Waals surface area contributed by atoms with Crippen molar-refractivity contribution in [1.29, 1.82) is 0 Å². The SMILES string of the molecule is CC[C@@H](C)c1nc2ccc(Br)cc2c(=O)n1N=Cc1cc([N+](=O)[O-])ccc1OC(C)=O. The van der Waals surface area contributed by atoms with Crippen LogP contribution >= 0.6 is 15.9 Å². The highest BCUT2D eigenvalue weighted by atomic mass is 79.9. The second-order valence-electron chi connectivity index (χ2n) is 6.88. The number of esters is 1. The van der Waals surface area contributed by atoms with Crippen molar-refractivity contribution < 1.29 is 14.5 Å². The lowest BCUT2D eigenvalue weighted by Gasteiger charge is -2.14. The number of nitro benzene ring substituents is 1. The van der Waals surface area contributed by atoms with Gasteiger partial charge in [-0.3, -0.25) is 19.7 Å². The number of aromatic nitrogens is 2. The van der Waals surface area contributed by atoms with E-state index in [1.165, 1.54) is 36.0 Å². The summed E-state index contributed by atoms with van der Waals surface area (Å²) >= 11 is 3.36. The predicted octanol–water partition coefficient (Wildman–Crippen LogP) is 4.39. The van der Waals surface area contributed by atoms with Crippen LogP contribution in [-0.2, 0) is 4.79 Å². The maximum atomic E-state index is 13.2. The van der Waals surface area contributed by atoms with E-state index in [0.717, 1.165) is 10.9 Å². The molecule has 0 unspecified atom stereocenters. The van der Waals surface area contributed by atoms with Crippen LogP contribution in [0, 0.1) is 10.1 Å². The summed E-state index contributed by atoms with van der Waals surface area (Å²) in [6, 6.07) is 8.98. The molecule has 0 bridgehead atoms. The molecule has 3 aromatic rings. The van der Waals surface area contributed by atoms with Gasteiger partial charge in [-0.1, -0.05) is 29.8 Å². The Balaban J connectivity index is 2.21. The van der Waals surface area contributed by atoms with Gasteiger partial charge >= 0.3 is 5.97 Å². The van der Waals surface area contributed by atoms with Crippen LogP contribution in [-0.4, -0.2) is 26.8 Å². The molecule has 10 heteroatoms. The van der Waals surface area contributed by atoms with Gasteiger partial charge in [0.15, 0.2) is 0 Å². The molecule has 9 nitrogen and oxygen atoms in total. The second-order valence-corrected chi connectivity index (χ2v) is 7.79. The molecule has 0 aliphatic carbocycles. The Hall–Kier alpha value is -3.40. The van der Waals surface area contributed by atoms with Crippen LogP contribution in [0.2, 0.25) is 0 Å². The Morgan fingerprint density at radius 3 is 2.74 bits per heavy atom. The Morgan fingerprint density at radius 1 is 1.35 bits per heavy atom. The van der Waals surface area contributed by atoms with Gasteiger partial charge < -0.3 is 4.74 Å². The Labute approximate surface area is 185 Å². The lowest BCUT2D eigenvalue weighted by atomic mass is 10.1. The Bertz CT molecular complexity index is 1270. The summed E-state index contributed by atoms with van der Waals surface area (Å²) in [5, 5.41) is 15.8. The zero-order chi connectivity index (χ0) is 22.7. The molecule has 0 spiro atoms. The van der Waals surface area contributed by atoms with E-state index >= 15 is 0 Å². The lowest BCUT2D eigenvalue weighted by Crippen LogP contribution is -2.23. The van der Waals surface area contributed by atoms with E-state index < -0.39 is 10.9 Å². The fourth-order valence-electron chi connectivity index (χ4n) is 2.90. The van der Waals surface area contributed by atoms with Gasteiger partial charge in [-0.25, -0.2) is 4.98 Å². The first-order valence-corrected chi connectivity index (χ1v) is 10.2. The van der Waals surface area contributed by atoms with Crippen LogP contribution in [0.5, 0.6) is 5.75 Å². The fraction of sp³-hybridized carbons (Fsp3) is 0.238. The molecule has 0 saturated heterocycles. The molecule has 0 aliphatic heterocycles. The van der Waals surface area contributed by atoms with Crippen molar-refractivity contribution in [3.8, 4) is 5.75 Å². The van der Waals surface area contributed by atoms with E-state index in [2.05, 4.69) is 26.0 Å². The summed E-state index contributed by atoms with van der Waals surface area (Å²) in [7, 11) is 0. The van der Waals surface area contributed by atoms with Crippen molar-refractivity contribution in [3.05, 3.63) is 72.7 Å². The highest BCUT2D eigenvalue weighted by Crippen LogP contribution is 2.24. The number of nitro groups is 1. The van der Waals surface area contributed by atoms with E-state index in [-0.39, 0.29) is 28.5 Å². The second kappa shape index (κ2) is 9.17. The van der Waals surface area contributed by atoms with Crippen LogP contribution in [0.15, 0.2) is 50.8 Å². The molecule has 0 aliphatic rings. The number of hydrogen-bond donors (Lipinski definition) is 0. The molecule has 3 rings (SSSR count). The molecule has 0 radical (unpaired) electrons. The van der Waals surface area contributed by atoms with E-state index in [9.17, 15) is 19.7 Å². The summed E-state index contributed by atoms with van der Waals surface area (Å²) in [5.74, 6) is -0.108. The minimum Gasteiger partial charge on any atom is -0.426 e. The summed E-state index contributed by atoms with van der Waals surface area (Å²) in [6.07, 6.45) is 1.98. The Morgan fingerprint density at radius 2 is 2.10 bits per heavy atom. The average Bonchev–Trinajstić information content (AvgIpc) is 2.73. The van der Waals surface area contributed by atoms with Gasteiger partial charge in [-0.05, 0) is 30.7 Å². The van der Waals surface area contributed by atoms with Gasteiger partial charge in [-0.15, -0.1) is 0 Å². The molecule has 160 valence electrons. The van der Waals surface area contributed by atoms with Gasteiger partial charge in [0.1, 0.15) is 11.6 Å². The van der Waals surface area contributed by atoms with Gasteiger partial charge in [0.05, 0.1) is 22.0 Å². The molecule has 31 heavy (non-hydrogen) atoms. The van der Waals surface area contributed by atoms with Crippen molar-refractivity contribution in [2.75, 3.05) is 0 Å². The Kier molecular flexibility index (Phi) is 6.59. The van der Waals surface area contributed by atoms with Gasteiger partial charge in [0.2, 0.25) is 0 Å². The number of rotatable bonds is 6.